The first-order valence-electron chi connectivity index (χ1n) is 9.67. The van der Waals surface area contributed by atoms with Crippen LogP contribution in [0.5, 0.6) is 5.75 Å². The minimum Gasteiger partial charge on any atom is -0.493 e. The molecule has 1 N–H and O–H groups in total. The summed E-state index contributed by atoms with van der Waals surface area (Å²) in [4.78, 5) is 4.56. The van der Waals surface area contributed by atoms with E-state index in [0.29, 0.717) is 24.9 Å². The highest BCUT2D eigenvalue weighted by Gasteiger charge is 2.28. The molecule has 2 aromatic carbocycles. The number of halogens is 1. The summed E-state index contributed by atoms with van der Waals surface area (Å²) in [7, 11) is 0. The van der Waals surface area contributed by atoms with Gasteiger partial charge in [0.15, 0.2) is 0 Å². The average Bonchev–Trinajstić information content (AvgIpc) is 3.20. The van der Waals surface area contributed by atoms with Crippen LogP contribution in [0, 0.1) is 0 Å². The number of hydrogen-bond donors (Lipinski definition) is 1. The van der Waals surface area contributed by atoms with Crippen molar-refractivity contribution >= 4 is 11.6 Å². The van der Waals surface area contributed by atoms with Crippen molar-refractivity contribution in [3.05, 3.63) is 65.0 Å². The highest BCUT2D eigenvalue weighted by atomic mass is 35.5. The molecule has 148 valence electrons. The van der Waals surface area contributed by atoms with E-state index in [-0.39, 0.29) is 5.54 Å². The Hall–Kier alpha value is -2.37. The number of hydrogen-bond acceptors (Lipinski definition) is 5. The third-order valence-corrected chi connectivity index (χ3v) is 5.33. The van der Waals surface area contributed by atoms with Gasteiger partial charge in [-0.25, -0.2) is 0 Å². The number of ether oxygens (including phenoxy) is 1. The van der Waals surface area contributed by atoms with Crippen LogP contribution in [0.3, 0.4) is 0 Å². The van der Waals surface area contributed by atoms with Crippen LogP contribution in [0.15, 0.2) is 53.1 Å². The number of para-hydroxylation sites is 1. The normalized spacial score (nSPS) is 11.6. The minimum absolute atomic E-state index is 0.178. The zero-order valence-corrected chi connectivity index (χ0v) is 17.3. The fourth-order valence-corrected chi connectivity index (χ4v) is 3.52. The first kappa shape index (κ1) is 20.4. The van der Waals surface area contributed by atoms with Gasteiger partial charge in [-0.15, -0.1) is 0 Å². The maximum atomic E-state index is 6.05. The van der Waals surface area contributed by atoms with Gasteiger partial charge in [-0.3, -0.25) is 5.32 Å². The molecule has 0 bridgehead atoms. The molecular weight excluding hydrogens is 374 g/mol. The molecule has 28 heavy (non-hydrogen) atoms. The molecule has 1 heterocycles. The highest BCUT2D eigenvalue weighted by Crippen LogP contribution is 2.31. The van der Waals surface area contributed by atoms with Crippen molar-refractivity contribution < 1.29 is 9.26 Å². The lowest BCUT2D eigenvalue weighted by atomic mass is 9.84. The molecule has 0 saturated heterocycles. The number of rotatable bonds is 9. The van der Waals surface area contributed by atoms with Gasteiger partial charge in [0.05, 0.1) is 18.7 Å². The van der Waals surface area contributed by atoms with Crippen molar-refractivity contribution in [2.24, 2.45) is 0 Å². The van der Waals surface area contributed by atoms with E-state index in [9.17, 15) is 0 Å². The van der Waals surface area contributed by atoms with Gasteiger partial charge in [0.25, 0.3) is 0 Å². The van der Waals surface area contributed by atoms with Crippen LogP contribution in [0.2, 0.25) is 5.02 Å². The van der Waals surface area contributed by atoms with Gasteiger partial charge in [-0.2, -0.15) is 4.98 Å². The van der Waals surface area contributed by atoms with E-state index < -0.39 is 0 Å². The number of nitrogens with zero attached hydrogens (tertiary/aromatic N) is 2. The zero-order valence-electron chi connectivity index (χ0n) is 16.5. The summed E-state index contributed by atoms with van der Waals surface area (Å²) in [5, 5.41) is 8.50. The molecule has 0 fully saturated rings. The van der Waals surface area contributed by atoms with E-state index in [2.05, 4.69) is 41.4 Å². The van der Waals surface area contributed by atoms with Gasteiger partial charge in [-0.1, -0.05) is 54.9 Å². The lowest BCUT2D eigenvalue weighted by molar-refractivity contribution is 0.277. The highest BCUT2D eigenvalue weighted by molar-refractivity contribution is 6.30. The molecular formula is C22H26ClN3O2. The fraction of sp³-hybridized carbons (Fsp3) is 0.364. The van der Waals surface area contributed by atoms with Gasteiger partial charge in [-0.05, 0) is 49.6 Å². The second kappa shape index (κ2) is 9.22. The maximum absolute atomic E-state index is 6.05. The molecule has 0 amide bonds. The van der Waals surface area contributed by atoms with Gasteiger partial charge < -0.3 is 9.26 Å². The molecule has 0 spiro atoms. The van der Waals surface area contributed by atoms with E-state index in [1.165, 1.54) is 5.56 Å². The van der Waals surface area contributed by atoms with Gasteiger partial charge >= 0.3 is 0 Å². The second-order valence-corrected chi connectivity index (χ2v) is 7.03. The Morgan fingerprint density at radius 2 is 1.75 bits per heavy atom. The van der Waals surface area contributed by atoms with Crippen LogP contribution in [0.25, 0.3) is 11.4 Å². The van der Waals surface area contributed by atoms with Crippen LogP contribution in [0.4, 0.5) is 0 Å². The lowest BCUT2D eigenvalue weighted by Crippen LogP contribution is -2.41. The Morgan fingerprint density at radius 3 is 2.43 bits per heavy atom. The summed E-state index contributed by atoms with van der Waals surface area (Å²) < 4.78 is 11.2. The molecule has 6 heteroatoms. The Bertz CT molecular complexity index is 889. The van der Waals surface area contributed by atoms with Crippen molar-refractivity contribution in [1.82, 2.24) is 15.5 Å². The SMILES string of the molecule is CCOc1ccccc1-c1noc(CNC(CC)(CC)c2ccc(Cl)cc2)n1. The largest absolute Gasteiger partial charge is 0.493 e. The number of nitrogens with one attached hydrogen (secondary N) is 1. The van der Waals surface area contributed by atoms with E-state index in [0.717, 1.165) is 29.2 Å². The second-order valence-electron chi connectivity index (χ2n) is 6.59. The van der Waals surface area contributed by atoms with Gasteiger partial charge in [0.2, 0.25) is 11.7 Å². The molecule has 0 aliphatic heterocycles. The topological polar surface area (TPSA) is 60.2 Å². The molecule has 0 aliphatic rings. The predicted octanol–water partition coefficient (Wildman–Crippen LogP) is 5.59. The van der Waals surface area contributed by atoms with Crippen molar-refractivity contribution in [1.29, 1.82) is 0 Å². The maximum Gasteiger partial charge on any atom is 0.240 e. The number of aromatic nitrogens is 2. The number of benzene rings is 2. The van der Waals surface area contributed by atoms with Crippen LogP contribution in [-0.2, 0) is 12.1 Å². The lowest BCUT2D eigenvalue weighted by Gasteiger charge is -2.33. The third kappa shape index (κ3) is 4.37. The molecule has 0 aliphatic carbocycles. The van der Waals surface area contributed by atoms with Crippen molar-refractivity contribution in [3.8, 4) is 17.1 Å². The van der Waals surface area contributed by atoms with E-state index in [1.54, 1.807) is 0 Å². The molecule has 0 saturated carbocycles. The van der Waals surface area contributed by atoms with Crippen LogP contribution in [0.1, 0.15) is 45.1 Å². The molecule has 3 aromatic rings. The minimum atomic E-state index is -0.178. The molecule has 1 aromatic heterocycles. The van der Waals surface area contributed by atoms with Gasteiger partial charge in [0, 0.05) is 10.6 Å². The molecule has 0 unspecified atom stereocenters. The smallest absolute Gasteiger partial charge is 0.240 e. The van der Waals surface area contributed by atoms with Crippen LogP contribution >= 0.6 is 11.6 Å². The first-order valence-corrected chi connectivity index (χ1v) is 10.1. The zero-order chi connectivity index (χ0) is 20.0. The van der Waals surface area contributed by atoms with Crippen LogP contribution < -0.4 is 10.1 Å². The standard InChI is InChI=1S/C22H26ClN3O2/c1-4-22(5-2,16-11-13-17(23)14-12-16)24-15-20-25-21(26-28-20)18-9-7-8-10-19(18)27-6-3/h7-14,24H,4-6,15H2,1-3H3. The van der Waals surface area contributed by atoms with Crippen molar-refractivity contribution in [2.75, 3.05) is 6.61 Å². The average molecular weight is 400 g/mol. The third-order valence-electron chi connectivity index (χ3n) is 5.08. The van der Waals surface area contributed by atoms with Crippen LogP contribution in [-0.4, -0.2) is 16.7 Å². The molecule has 0 atom stereocenters. The van der Waals surface area contributed by atoms with E-state index in [4.69, 9.17) is 20.9 Å². The van der Waals surface area contributed by atoms with Gasteiger partial charge in [0.1, 0.15) is 5.75 Å². The van der Waals surface area contributed by atoms with E-state index in [1.807, 2.05) is 43.3 Å². The summed E-state index contributed by atoms with van der Waals surface area (Å²) >= 11 is 6.05. The molecule has 3 rings (SSSR count). The summed E-state index contributed by atoms with van der Waals surface area (Å²) in [6.45, 7) is 7.35. The summed E-state index contributed by atoms with van der Waals surface area (Å²) in [6, 6.07) is 15.7. The first-order chi connectivity index (χ1) is 13.6. The summed E-state index contributed by atoms with van der Waals surface area (Å²) in [5.41, 5.74) is 1.85. The monoisotopic (exact) mass is 399 g/mol. The summed E-state index contributed by atoms with van der Waals surface area (Å²) in [5.74, 6) is 1.83. The van der Waals surface area contributed by atoms with Crippen molar-refractivity contribution in [3.63, 3.8) is 0 Å². The Kier molecular flexibility index (Phi) is 6.70. The van der Waals surface area contributed by atoms with E-state index >= 15 is 0 Å². The molecule has 5 nitrogen and oxygen atoms in total. The van der Waals surface area contributed by atoms with Crippen molar-refractivity contribution in [2.45, 2.75) is 45.7 Å². The predicted molar refractivity (Wildman–Crippen MR) is 111 cm³/mol. The Balaban J connectivity index is 1.78. The summed E-state index contributed by atoms with van der Waals surface area (Å²) in [6.07, 6.45) is 1.86. The molecule has 0 radical (unpaired) electrons. The fourth-order valence-electron chi connectivity index (χ4n) is 3.39. The Labute approximate surface area is 171 Å². The quantitative estimate of drug-likeness (QED) is 0.508. The Morgan fingerprint density at radius 1 is 1.04 bits per heavy atom.